The Bertz CT molecular complexity index is 446. The van der Waals surface area contributed by atoms with Crippen LogP contribution in [0.4, 0.5) is 17.6 Å². The quantitative estimate of drug-likeness (QED) is 0.791. The third kappa shape index (κ3) is 5.12. The van der Waals surface area contributed by atoms with Crippen molar-refractivity contribution in [1.82, 2.24) is 5.32 Å². The van der Waals surface area contributed by atoms with Crippen molar-refractivity contribution in [3.05, 3.63) is 35.1 Å². The fourth-order valence-electron chi connectivity index (χ4n) is 1.90. The molecule has 0 aliphatic carbocycles. The van der Waals surface area contributed by atoms with E-state index in [9.17, 15) is 17.6 Å². The Morgan fingerprint density at radius 2 is 1.75 bits per heavy atom. The number of halogens is 4. The lowest BCUT2D eigenvalue weighted by Crippen LogP contribution is -2.36. The second-order valence-electron chi connectivity index (χ2n) is 6.10. The molecule has 1 unspecified atom stereocenters. The van der Waals surface area contributed by atoms with E-state index in [1.54, 1.807) is 0 Å². The van der Waals surface area contributed by atoms with Gasteiger partial charge in [0.1, 0.15) is 5.82 Å². The number of hydrogen-bond acceptors (Lipinski definition) is 1. The molecule has 0 fully saturated rings. The molecule has 0 amide bonds. The summed E-state index contributed by atoms with van der Waals surface area (Å²) in [6.45, 7) is 8.72. The molecule has 0 aliphatic rings. The zero-order valence-corrected chi connectivity index (χ0v) is 12.2. The highest BCUT2D eigenvalue weighted by Crippen LogP contribution is 2.33. The van der Waals surface area contributed by atoms with E-state index in [1.807, 2.05) is 27.7 Å². The Morgan fingerprint density at radius 3 is 2.20 bits per heavy atom. The fourth-order valence-corrected chi connectivity index (χ4v) is 1.90. The molecule has 0 bridgehead atoms. The van der Waals surface area contributed by atoms with Gasteiger partial charge in [-0.25, -0.2) is 4.39 Å². The number of alkyl halides is 3. The lowest BCUT2D eigenvalue weighted by Gasteiger charge is -2.22. The standard InChI is InChI=1S/C15H21F4N/c1-10(7-8-20-14(2,3)4)11-5-6-12(13(16)9-11)15(17,18)19/h5-6,9-10,20H,7-8H2,1-4H3. The van der Waals surface area contributed by atoms with Crippen LogP contribution in [0.15, 0.2) is 18.2 Å². The molecule has 1 N–H and O–H groups in total. The lowest BCUT2D eigenvalue weighted by molar-refractivity contribution is -0.140. The minimum absolute atomic E-state index is 0.00151. The van der Waals surface area contributed by atoms with E-state index in [-0.39, 0.29) is 11.5 Å². The van der Waals surface area contributed by atoms with Gasteiger partial charge >= 0.3 is 6.18 Å². The van der Waals surface area contributed by atoms with Gasteiger partial charge < -0.3 is 5.32 Å². The highest BCUT2D eigenvalue weighted by atomic mass is 19.4. The van der Waals surface area contributed by atoms with Crippen LogP contribution in [0.1, 0.15) is 51.2 Å². The summed E-state index contributed by atoms with van der Waals surface area (Å²) < 4.78 is 50.9. The van der Waals surface area contributed by atoms with Crippen LogP contribution in [0.5, 0.6) is 0 Å². The van der Waals surface area contributed by atoms with E-state index >= 15 is 0 Å². The van der Waals surface area contributed by atoms with Crippen LogP contribution in [0.3, 0.4) is 0 Å². The minimum Gasteiger partial charge on any atom is -0.312 e. The summed E-state index contributed by atoms with van der Waals surface area (Å²) in [4.78, 5) is 0. The molecular formula is C15H21F4N. The minimum atomic E-state index is -4.64. The first kappa shape index (κ1) is 17.0. The van der Waals surface area contributed by atoms with E-state index in [0.717, 1.165) is 25.1 Å². The van der Waals surface area contributed by atoms with Crippen LogP contribution in [-0.4, -0.2) is 12.1 Å². The Hall–Kier alpha value is -1.10. The van der Waals surface area contributed by atoms with Gasteiger partial charge in [-0.05, 0) is 57.4 Å². The molecule has 0 spiro atoms. The number of rotatable bonds is 4. The number of hydrogen-bond donors (Lipinski definition) is 1. The third-order valence-corrected chi connectivity index (χ3v) is 3.10. The molecule has 114 valence electrons. The smallest absolute Gasteiger partial charge is 0.312 e. The van der Waals surface area contributed by atoms with Gasteiger partial charge in [-0.2, -0.15) is 13.2 Å². The maximum absolute atomic E-state index is 13.5. The van der Waals surface area contributed by atoms with Gasteiger partial charge in [0.05, 0.1) is 5.56 Å². The first-order valence-electron chi connectivity index (χ1n) is 6.62. The van der Waals surface area contributed by atoms with Crippen molar-refractivity contribution >= 4 is 0 Å². The third-order valence-electron chi connectivity index (χ3n) is 3.10. The first-order valence-corrected chi connectivity index (χ1v) is 6.62. The predicted octanol–water partition coefficient (Wildman–Crippen LogP) is 4.73. The molecule has 1 aromatic rings. The van der Waals surface area contributed by atoms with E-state index in [1.165, 1.54) is 6.07 Å². The van der Waals surface area contributed by atoms with Crippen LogP contribution >= 0.6 is 0 Å². The molecule has 1 rings (SSSR count). The van der Waals surface area contributed by atoms with Crippen molar-refractivity contribution in [2.24, 2.45) is 0 Å². The average molecular weight is 291 g/mol. The van der Waals surface area contributed by atoms with Gasteiger partial charge in [0, 0.05) is 5.54 Å². The van der Waals surface area contributed by atoms with E-state index in [4.69, 9.17) is 0 Å². The number of benzene rings is 1. The number of nitrogens with one attached hydrogen (secondary N) is 1. The highest BCUT2D eigenvalue weighted by molar-refractivity contribution is 5.28. The summed E-state index contributed by atoms with van der Waals surface area (Å²) in [7, 11) is 0. The monoisotopic (exact) mass is 291 g/mol. The van der Waals surface area contributed by atoms with Crippen molar-refractivity contribution in [1.29, 1.82) is 0 Å². The van der Waals surface area contributed by atoms with Crippen molar-refractivity contribution in [2.75, 3.05) is 6.54 Å². The molecule has 0 saturated heterocycles. The first-order chi connectivity index (χ1) is 9.00. The van der Waals surface area contributed by atoms with E-state index in [2.05, 4.69) is 5.32 Å². The van der Waals surface area contributed by atoms with Gasteiger partial charge in [0.2, 0.25) is 0 Å². The van der Waals surface area contributed by atoms with Crippen molar-refractivity contribution in [3.8, 4) is 0 Å². The van der Waals surface area contributed by atoms with Crippen molar-refractivity contribution in [2.45, 2.75) is 51.7 Å². The molecule has 1 aromatic carbocycles. The summed E-state index contributed by atoms with van der Waals surface area (Å²) in [6.07, 6.45) is -3.90. The maximum atomic E-state index is 13.5. The molecule has 0 heterocycles. The molecule has 0 aromatic heterocycles. The molecule has 0 saturated carbocycles. The van der Waals surface area contributed by atoms with Gasteiger partial charge in [-0.15, -0.1) is 0 Å². The van der Waals surface area contributed by atoms with Gasteiger partial charge in [0.15, 0.2) is 0 Å². The average Bonchev–Trinajstić information content (AvgIpc) is 2.25. The largest absolute Gasteiger partial charge is 0.419 e. The zero-order valence-electron chi connectivity index (χ0n) is 12.2. The highest BCUT2D eigenvalue weighted by Gasteiger charge is 2.34. The van der Waals surface area contributed by atoms with Crippen LogP contribution in [0.2, 0.25) is 0 Å². The van der Waals surface area contributed by atoms with Crippen molar-refractivity contribution < 1.29 is 17.6 Å². The second-order valence-corrected chi connectivity index (χ2v) is 6.10. The molecule has 0 aliphatic heterocycles. The van der Waals surface area contributed by atoms with Crippen LogP contribution in [-0.2, 0) is 6.18 Å². The van der Waals surface area contributed by atoms with E-state index in [0.29, 0.717) is 5.56 Å². The van der Waals surface area contributed by atoms with Gasteiger partial charge in [-0.3, -0.25) is 0 Å². The van der Waals surface area contributed by atoms with Crippen LogP contribution < -0.4 is 5.32 Å². The predicted molar refractivity (Wildman–Crippen MR) is 72.2 cm³/mol. The summed E-state index contributed by atoms with van der Waals surface area (Å²) in [5.74, 6) is -1.20. The molecule has 1 atom stereocenters. The normalized spacial score (nSPS) is 14.4. The van der Waals surface area contributed by atoms with Crippen LogP contribution in [0, 0.1) is 5.82 Å². The maximum Gasteiger partial charge on any atom is 0.419 e. The molecular weight excluding hydrogens is 270 g/mol. The van der Waals surface area contributed by atoms with Crippen molar-refractivity contribution in [3.63, 3.8) is 0 Å². The van der Waals surface area contributed by atoms with Gasteiger partial charge in [-0.1, -0.05) is 13.0 Å². The molecule has 1 nitrogen and oxygen atoms in total. The zero-order chi connectivity index (χ0) is 15.6. The summed E-state index contributed by atoms with van der Waals surface area (Å²) in [6, 6.07) is 3.16. The van der Waals surface area contributed by atoms with Gasteiger partial charge in [0.25, 0.3) is 0 Å². The summed E-state index contributed by atoms with van der Waals surface area (Å²) in [5.41, 5.74) is -0.627. The lowest BCUT2D eigenvalue weighted by atomic mass is 9.96. The van der Waals surface area contributed by atoms with E-state index < -0.39 is 17.6 Å². The fraction of sp³-hybridized carbons (Fsp3) is 0.600. The Labute approximate surface area is 117 Å². The Morgan fingerprint density at radius 1 is 1.15 bits per heavy atom. The Balaban J connectivity index is 2.71. The Kier molecular flexibility index (Phi) is 5.19. The second kappa shape index (κ2) is 6.12. The molecule has 5 heteroatoms. The SMILES string of the molecule is CC(CCNC(C)(C)C)c1ccc(C(F)(F)F)c(F)c1. The summed E-state index contributed by atoms with van der Waals surface area (Å²) >= 11 is 0. The van der Waals surface area contributed by atoms with Crippen LogP contribution in [0.25, 0.3) is 0 Å². The summed E-state index contributed by atoms with van der Waals surface area (Å²) in [5, 5.41) is 3.30. The topological polar surface area (TPSA) is 12.0 Å². The molecule has 20 heavy (non-hydrogen) atoms. The molecule has 0 radical (unpaired) electrons.